The highest BCUT2D eigenvalue weighted by Crippen LogP contribution is 2.23. The van der Waals surface area contributed by atoms with Gasteiger partial charge < -0.3 is 25.6 Å². The summed E-state index contributed by atoms with van der Waals surface area (Å²) in [5.41, 5.74) is 1.96. The fraction of sp³-hybridized carbons (Fsp3) is 0. The van der Waals surface area contributed by atoms with Gasteiger partial charge in [-0.3, -0.25) is 9.59 Å². The number of aromatic carboxylic acids is 2. The topological polar surface area (TPSA) is 142 Å². The number of carboxylic acid groups (broad SMARTS) is 2. The summed E-state index contributed by atoms with van der Waals surface area (Å²) in [5, 5.41) is 23.3. The average molecular weight is 496 g/mol. The number of carbonyl (C=O) groups excluding carboxylic acids is 2. The van der Waals surface area contributed by atoms with Gasteiger partial charge in [0.25, 0.3) is 11.8 Å². The molecule has 4 N–H and O–H groups in total. The third-order valence-electron chi connectivity index (χ3n) is 5.25. The molecule has 0 bridgehead atoms. The maximum atomic E-state index is 12.4. The van der Waals surface area contributed by atoms with Gasteiger partial charge in [0.15, 0.2) is 0 Å². The highest BCUT2D eigenvalue weighted by Gasteiger charge is 2.10. The van der Waals surface area contributed by atoms with Crippen molar-refractivity contribution >= 4 is 35.1 Å². The van der Waals surface area contributed by atoms with E-state index in [0.717, 1.165) is 0 Å². The monoisotopic (exact) mass is 496 g/mol. The first-order valence-corrected chi connectivity index (χ1v) is 11.0. The molecule has 0 aliphatic carbocycles. The summed E-state index contributed by atoms with van der Waals surface area (Å²) in [6, 6.07) is 24.5. The van der Waals surface area contributed by atoms with Gasteiger partial charge in [0.2, 0.25) is 0 Å². The van der Waals surface area contributed by atoms with Crippen molar-refractivity contribution in [2.45, 2.75) is 0 Å². The summed E-state index contributed by atoms with van der Waals surface area (Å²) >= 11 is 0. The molecular formula is C28H20N2O7. The molecule has 4 aromatic rings. The van der Waals surface area contributed by atoms with E-state index in [0.29, 0.717) is 34.0 Å². The van der Waals surface area contributed by atoms with Crippen LogP contribution in [0.1, 0.15) is 41.4 Å². The minimum atomic E-state index is -1.05. The minimum absolute atomic E-state index is 0.125. The standard InChI is InChI=1S/C28H20N2O7/c31-25(29-21-9-1-19(2-10-21)27(33)34)17-5-13-23(14-6-17)37-24-15-7-18(8-16-24)26(32)30-22-11-3-20(4-12-22)28(35)36/h1-16H,(H,29,31)(H,30,32)(H,33,34)(H,35,36). The number of rotatable bonds is 8. The van der Waals surface area contributed by atoms with Crippen molar-refractivity contribution in [3.63, 3.8) is 0 Å². The van der Waals surface area contributed by atoms with E-state index in [4.69, 9.17) is 14.9 Å². The molecule has 0 aliphatic heterocycles. The van der Waals surface area contributed by atoms with Crippen LogP contribution in [-0.2, 0) is 0 Å². The van der Waals surface area contributed by atoms with E-state index in [-0.39, 0.29) is 22.9 Å². The molecule has 0 saturated heterocycles. The first kappa shape index (κ1) is 24.7. The number of anilines is 2. The lowest BCUT2D eigenvalue weighted by molar-refractivity contribution is 0.0686. The van der Waals surface area contributed by atoms with Gasteiger partial charge in [-0.05, 0) is 97.1 Å². The lowest BCUT2D eigenvalue weighted by Crippen LogP contribution is -2.12. The summed E-state index contributed by atoms with van der Waals surface area (Å²) in [6.45, 7) is 0. The zero-order valence-corrected chi connectivity index (χ0v) is 19.2. The van der Waals surface area contributed by atoms with Gasteiger partial charge in [0, 0.05) is 22.5 Å². The van der Waals surface area contributed by atoms with Crippen LogP contribution < -0.4 is 15.4 Å². The molecule has 0 fully saturated rings. The number of amides is 2. The predicted molar refractivity (Wildman–Crippen MR) is 136 cm³/mol. The van der Waals surface area contributed by atoms with Crippen molar-refractivity contribution in [2.75, 3.05) is 10.6 Å². The van der Waals surface area contributed by atoms with E-state index >= 15 is 0 Å². The van der Waals surface area contributed by atoms with Crippen LogP contribution in [0.3, 0.4) is 0 Å². The maximum Gasteiger partial charge on any atom is 0.335 e. The van der Waals surface area contributed by atoms with E-state index in [9.17, 15) is 19.2 Å². The second-order valence-corrected chi connectivity index (χ2v) is 7.82. The molecule has 0 saturated carbocycles. The molecule has 4 aromatic carbocycles. The Morgan fingerprint density at radius 3 is 1.05 bits per heavy atom. The summed E-state index contributed by atoms with van der Waals surface area (Å²) in [7, 11) is 0. The lowest BCUT2D eigenvalue weighted by atomic mass is 10.1. The molecular weight excluding hydrogens is 476 g/mol. The second-order valence-electron chi connectivity index (χ2n) is 7.82. The normalized spacial score (nSPS) is 10.3. The molecule has 0 atom stereocenters. The van der Waals surface area contributed by atoms with E-state index < -0.39 is 11.9 Å². The van der Waals surface area contributed by atoms with Crippen LogP contribution >= 0.6 is 0 Å². The number of carbonyl (C=O) groups is 4. The summed E-state index contributed by atoms with van der Waals surface area (Å²) < 4.78 is 5.78. The number of hydrogen-bond donors (Lipinski definition) is 4. The van der Waals surface area contributed by atoms with E-state index in [1.54, 1.807) is 48.5 Å². The molecule has 2 amide bonds. The fourth-order valence-electron chi connectivity index (χ4n) is 3.28. The number of nitrogens with one attached hydrogen (secondary N) is 2. The Kier molecular flexibility index (Phi) is 7.25. The Balaban J connectivity index is 1.33. The van der Waals surface area contributed by atoms with Gasteiger partial charge in [-0.1, -0.05) is 0 Å². The summed E-state index contributed by atoms with van der Waals surface area (Å²) in [4.78, 5) is 46.8. The molecule has 0 heterocycles. The number of carboxylic acids is 2. The van der Waals surface area contributed by atoms with Crippen molar-refractivity contribution < 1.29 is 34.1 Å². The van der Waals surface area contributed by atoms with E-state index in [1.807, 2.05) is 0 Å². The van der Waals surface area contributed by atoms with Crippen molar-refractivity contribution in [2.24, 2.45) is 0 Å². The summed E-state index contributed by atoms with van der Waals surface area (Å²) in [6.07, 6.45) is 0. The third kappa shape index (κ3) is 6.37. The van der Waals surface area contributed by atoms with Gasteiger partial charge in [-0.2, -0.15) is 0 Å². The van der Waals surface area contributed by atoms with Crippen molar-refractivity contribution in [3.8, 4) is 11.5 Å². The molecule has 4 rings (SSSR count). The Morgan fingerprint density at radius 1 is 0.459 bits per heavy atom. The molecule has 0 radical (unpaired) electrons. The zero-order chi connectivity index (χ0) is 26.4. The molecule has 9 nitrogen and oxygen atoms in total. The zero-order valence-electron chi connectivity index (χ0n) is 19.2. The van der Waals surface area contributed by atoms with Crippen molar-refractivity contribution in [3.05, 3.63) is 119 Å². The summed E-state index contributed by atoms with van der Waals surface area (Å²) in [5.74, 6) is -1.84. The third-order valence-corrected chi connectivity index (χ3v) is 5.25. The number of ether oxygens (including phenoxy) is 1. The Labute approximate surface area is 211 Å². The highest BCUT2D eigenvalue weighted by atomic mass is 16.5. The van der Waals surface area contributed by atoms with Gasteiger partial charge in [0.05, 0.1) is 11.1 Å². The molecule has 184 valence electrons. The first-order chi connectivity index (χ1) is 17.8. The Hall–Kier alpha value is -5.44. The minimum Gasteiger partial charge on any atom is -0.478 e. The Bertz CT molecular complexity index is 1330. The van der Waals surface area contributed by atoms with Gasteiger partial charge >= 0.3 is 11.9 Å². The number of hydrogen-bond acceptors (Lipinski definition) is 5. The maximum absolute atomic E-state index is 12.4. The van der Waals surface area contributed by atoms with E-state index in [2.05, 4.69) is 10.6 Å². The smallest absolute Gasteiger partial charge is 0.335 e. The fourth-order valence-corrected chi connectivity index (χ4v) is 3.28. The molecule has 37 heavy (non-hydrogen) atoms. The van der Waals surface area contributed by atoms with Gasteiger partial charge in [0.1, 0.15) is 11.5 Å². The molecule has 0 aliphatic rings. The first-order valence-electron chi connectivity index (χ1n) is 11.0. The average Bonchev–Trinajstić information content (AvgIpc) is 2.90. The molecule has 0 spiro atoms. The highest BCUT2D eigenvalue weighted by molar-refractivity contribution is 6.05. The van der Waals surface area contributed by atoms with Crippen molar-refractivity contribution in [1.29, 1.82) is 0 Å². The van der Waals surface area contributed by atoms with Gasteiger partial charge in [-0.15, -0.1) is 0 Å². The molecule has 9 heteroatoms. The Morgan fingerprint density at radius 2 is 0.757 bits per heavy atom. The molecule has 0 aromatic heterocycles. The van der Waals surface area contributed by atoms with Crippen LogP contribution in [0.25, 0.3) is 0 Å². The van der Waals surface area contributed by atoms with Crippen LogP contribution in [0.4, 0.5) is 11.4 Å². The van der Waals surface area contributed by atoms with Crippen LogP contribution in [0, 0.1) is 0 Å². The van der Waals surface area contributed by atoms with E-state index in [1.165, 1.54) is 48.5 Å². The molecule has 0 unspecified atom stereocenters. The van der Waals surface area contributed by atoms with Crippen LogP contribution in [-0.4, -0.2) is 34.0 Å². The van der Waals surface area contributed by atoms with Gasteiger partial charge in [-0.25, -0.2) is 9.59 Å². The lowest BCUT2D eigenvalue weighted by Gasteiger charge is -2.09. The SMILES string of the molecule is O=C(O)c1ccc(NC(=O)c2ccc(Oc3ccc(C(=O)Nc4ccc(C(=O)O)cc4)cc3)cc2)cc1. The predicted octanol–water partition coefficient (Wildman–Crippen LogP) is 5.38. The number of benzene rings is 4. The van der Waals surface area contributed by atoms with Crippen molar-refractivity contribution in [1.82, 2.24) is 0 Å². The van der Waals surface area contributed by atoms with Crippen LogP contribution in [0.5, 0.6) is 11.5 Å². The van der Waals surface area contributed by atoms with Crippen LogP contribution in [0.2, 0.25) is 0 Å². The quantitative estimate of drug-likeness (QED) is 0.256. The van der Waals surface area contributed by atoms with Crippen LogP contribution in [0.15, 0.2) is 97.1 Å². The largest absolute Gasteiger partial charge is 0.478 e. The second kappa shape index (κ2) is 10.9.